The van der Waals surface area contributed by atoms with E-state index in [2.05, 4.69) is 17.2 Å². The van der Waals surface area contributed by atoms with Crippen molar-refractivity contribution in [3.63, 3.8) is 0 Å². The summed E-state index contributed by atoms with van der Waals surface area (Å²) < 4.78 is 11.1. The monoisotopic (exact) mass is 350 g/mol. The van der Waals surface area contributed by atoms with Gasteiger partial charge in [0.15, 0.2) is 16.6 Å². The maximum atomic E-state index is 11.1. The van der Waals surface area contributed by atoms with Crippen LogP contribution >= 0.6 is 11.3 Å². The van der Waals surface area contributed by atoms with Gasteiger partial charge in [-0.1, -0.05) is 30.7 Å². The van der Waals surface area contributed by atoms with E-state index in [1.165, 1.54) is 0 Å². The number of hydrogen-bond donors (Lipinski definition) is 2. The third-order valence-electron chi connectivity index (χ3n) is 3.42. The summed E-state index contributed by atoms with van der Waals surface area (Å²) in [5.74, 6) is 0.466. The molecule has 2 N–H and O–H groups in total. The number of hydrogen-bond acceptors (Lipinski definition) is 6. The molecule has 0 aliphatic rings. The molecule has 0 saturated heterocycles. The molecule has 1 aromatic heterocycles. The Balaban J connectivity index is 2.02. The van der Waals surface area contributed by atoms with E-state index in [-0.39, 0.29) is 4.88 Å². The molecule has 0 aliphatic carbocycles. The standard InChI is InChI=1S/C17H22N2O4S/c1-4-5-8-23-13-7-6-12(9-14(13)22-3)10-18-17-19-11(2)15(24-17)16(20)21/h6-7,9H,4-5,8,10H2,1-3H3,(H,18,19)(H,20,21). The van der Waals surface area contributed by atoms with Gasteiger partial charge in [-0.05, 0) is 31.0 Å². The fourth-order valence-electron chi connectivity index (χ4n) is 2.12. The topological polar surface area (TPSA) is 80.7 Å². The lowest BCUT2D eigenvalue weighted by Crippen LogP contribution is -2.02. The highest BCUT2D eigenvalue weighted by atomic mass is 32.1. The summed E-state index contributed by atoms with van der Waals surface area (Å²) in [5.41, 5.74) is 1.52. The molecule has 1 aromatic carbocycles. The minimum atomic E-state index is -0.951. The number of aromatic nitrogens is 1. The second-order valence-electron chi connectivity index (χ2n) is 5.28. The zero-order chi connectivity index (χ0) is 17.5. The van der Waals surface area contributed by atoms with E-state index in [0.717, 1.165) is 35.5 Å². The van der Waals surface area contributed by atoms with E-state index in [1.54, 1.807) is 14.0 Å². The number of benzene rings is 1. The van der Waals surface area contributed by atoms with Crippen LogP contribution in [0.4, 0.5) is 5.13 Å². The molecule has 0 spiro atoms. The Hall–Kier alpha value is -2.28. The number of unbranched alkanes of at least 4 members (excludes halogenated alkanes) is 1. The Labute approximate surface area is 145 Å². The van der Waals surface area contributed by atoms with E-state index in [1.807, 2.05) is 18.2 Å². The van der Waals surface area contributed by atoms with E-state index in [0.29, 0.717) is 29.7 Å². The Kier molecular flexibility index (Phi) is 6.43. The number of nitrogens with zero attached hydrogens (tertiary/aromatic N) is 1. The third-order valence-corrected chi connectivity index (χ3v) is 4.52. The number of carboxylic acids is 1. The van der Waals surface area contributed by atoms with Crippen LogP contribution in [0.25, 0.3) is 0 Å². The molecule has 0 unspecified atom stereocenters. The molecule has 2 rings (SSSR count). The first-order valence-electron chi connectivity index (χ1n) is 7.79. The van der Waals surface area contributed by atoms with E-state index < -0.39 is 5.97 Å². The first kappa shape index (κ1) is 18.1. The van der Waals surface area contributed by atoms with Gasteiger partial charge in [-0.3, -0.25) is 0 Å². The molecule has 1 heterocycles. The minimum absolute atomic E-state index is 0.259. The van der Waals surface area contributed by atoms with Gasteiger partial charge in [0.1, 0.15) is 4.88 Å². The summed E-state index contributed by atoms with van der Waals surface area (Å²) in [6, 6.07) is 5.75. The highest BCUT2D eigenvalue weighted by Crippen LogP contribution is 2.29. The van der Waals surface area contributed by atoms with Crippen LogP contribution in [0.15, 0.2) is 18.2 Å². The van der Waals surface area contributed by atoms with E-state index in [4.69, 9.17) is 14.6 Å². The average Bonchev–Trinajstić information content (AvgIpc) is 2.95. The van der Waals surface area contributed by atoms with Crippen LogP contribution in [-0.2, 0) is 6.54 Å². The van der Waals surface area contributed by atoms with Crippen molar-refractivity contribution in [1.82, 2.24) is 4.98 Å². The van der Waals surface area contributed by atoms with Gasteiger partial charge in [0, 0.05) is 6.54 Å². The molecular formula is C17H22N2O4S. The van der Waals surface area contributed by atoms with Crippen LogP contribution in [0.2, 0.25) is 0 Å². The van der Waals surface area contributed by atoms with Crippen molar-refractivity contribution in [2.24, 2.45) is 0 Å². The van der Waals surface area contributed by atoms with Crippen molar-refractivity contribution in [2.45, 2.75) is 33.2 Å². The van der Waals surface area contributed by atoms with Crippen LogP contribution in [0, 0.1) is 6.92 Å². The van der Waals surface area contributed by atoms with Crippen LogP contribution in [0.1, 0.15) is 40.7 Å². The highest BCUT2D eigenvalue weighted by molar-refractivity contribution is 7.17. The van der Waals surface area contributed by atoms with Crippen LogP contribution in [-0.4, -0.2) is 29.8 Å². The molecule has 2 aromatic rings. The zero-order valence-electron chi connectivity index (χ0n) is 14.1. The third kappa shape index (κ3) is 4.61. The van der Waals surface area contributed by atoms with Gasteiger partial charge >= 0.3 is 5.97 Å². The fraction of sp³-hybridized carbons (Fsp3) is 0.412. The molecule has 7 heteroatoms. The second-order valence-corrected chi connectivity index (χ2v) is 6.28. The quantitative estimate of drug-likeness (QED) is 0.667. The smallest absolute Gasteiger partial charge is 0.347 e. The normalized spacial score (nSPS) is 10.5. The van der Waals surface area contributed by atoms with Gasteiger partial charge in [0.2, 0.25) is 0 Å². The van der Waals surface area contributed by atoms with Gasteiger partial charge < -0.3 is 19.9 Å². The summed E-state index contributed by atoms with van der Waals surface area (Å²) in [5, 5.41) is 12.8. The number of anilines is 1. The van der Waals surface area contributed by atoms with E-state index >= 15 is 0 Å². The molecule has 130 valence electrons. The molecule has 0 amide bonds. The molecular weight excluding hydrogens is 328 g/mol. The number of rotatable bonds is 9. The molecule has 0 radical (unpaired) electrons. The van der Waals surface area contributed by atoms with Crippen molar-refractivity contribution in [2.75, 3.05) is 19.0 Å². The molecule has 0 aliphatic heterocycles. The summed E-state index contributed by atoms with van der Waals surface area (Å²) in [4.78, 5) is 15.5. The first-order chi connectivity index (χ1) is 11.5. The molecule has 0 saturated carbocycles. The van der Waals surface area contributed by atoms with Crippen molar-refractivity contribution >= 4 is 22.4 Å². The maximum Gasteiger partial charge on any atom is 0.347 e. The van der Waals surface area contributed by atoms with Gasteiger partial charge in [0.25, 0.3) is 0 Å². The van der Waals surface area contributed by atoms with Gasteiger partial charge in [0.05, 0.1) is 19.4 Å². The summed E-state index contributed by atoms with van der Waals surface area (Å²) >= 11 is 1.14. The summed E-state index contributed by atoms with van der Waals surface area (Å²) in [6.07, 6.45) is 2.08. The van der Waals surface area contributed by atoms with E-state index in [9.17, 15) is 4.79 Å². The second kappa shape index (κ2) is 8.54. The number of methoxy groups -OCH3 is 1. The average molecular weight is 350 g/mol. The molecule has 24 heavy (non-hydrogen) atoms. The number of carboxylic acid groups (broad SMARTS) is 1. The van der Waals surface area contributed by atoms with Gasteiger partial charge in [-0.2, -0.15) is 0 Å². The first-order valence-corrected chi connectivity index (χ1v) is 8.61. The largest absolute Gasteiger partial charge is 0.493 e. The number of nitrogens with one attached hydrogen (secondary N) is 1. The van der Waals surface area contributed by atoms with Crippen molar-refractivity contribution in [3.05, 3.63) is 34.3 Å². The SMILES string of the molecule is CCCCOc1ccc(CNc2nc(C)c(C(=O)O)s2)cc1OC. The Morgan fingerprint density at radius 1 is 1.38 bits per heavy atom. The van der Waals surface area contributed by atoms with Crippen molar-refractivity contribution < 1.29 is 19.4 Å². The Bertz CT molecular complexity index is 700. The van der Waals surface area contributed by atoms with Gasteiger partial charge in [-0.15, -0.1) is 0 Å². The van der Waals surface area contributed by atoms with Crippen LogP contribution < -0.4 is 14.8 Å². The molecule has 0 fully saturated rings. The zero-order valence-corrected chi connectivity index (χ0v) is 14.9. The lowest BCUT2D eigenvalue weighted by atomic mass is 10.2. The highest BCUT2D eigenvalue weighted by Gasteiger charge is 2.14. The molecule has 0 bridgehead atoms. The lowest BCUT2D eigenvalue weighted by molar-refractivity contribution is 0.0701. The van der Waals surface area contributed by atoms with Crippen LogP contribution in [0.5, 0.6) is 11.5 Å². The van der Waals surface area contributed by atoms with Crippen molar-refractivity contribution in [1.29, 1.82) is 0 Å². The Morgan fingerprint density at radius 3 is 2.79 bits per heavy atom. The van der Waals surface area contributed by atoms with Crippen molar-refractivity contribution in [3.8, 4) is 11.5 Å². The maximum absolute atomic E-state index is 11.1. The minimum Gasteiger partial charge on any atom is -0.493 e. The molecule has 6 nitrogen and oxygen atoms in total. The lowest BCUT2D eigenvalue weighted by Gasteiger charge is -2.12. The number of carbonyl (C=O) groups is 1. The number of thiazole rings is 1. The van der Waals surface area contributed by atoms with Crippen LogP contribution in [0.3, 0.4) is 0 Å². The fourth-order valence-corrected chi connectivity index (χ4v) is 2.92. The Morgan fingerprint density at radius 2 is 2.17 bits per heavy atom. The number of aromatic carboxylic acids is 1. The van der Waals surface area contributed by atoms with Gasteiger partial charge in [-0.25, -0.2) is 9.78 Å². The summed E-state index contributed by atoms with van der Waals surface area (Å²) in [6.45, 7) is 5.00. The predicted octanol–water partition coefficient (Wildman–Crippen LogP) is 3.95. The summed E-state index contributed by atoms with van der Waals surface area (Å²) in [7, 11) is 1.61. The molecule has 0 atom stereocenters. The predicted molar refractivity (Wildman–Crippen MR) is 94.5 cm³/mol. The number of aryl methyl sites for hydroxylation is 1. The number of ether oxygens (including phenoxy) is 2.